The summed E-state index contributed by atoms with van der Waals surface area (Å²) in [6, 6.07) is 0. The number of halogens is 3. The largest absolute Gasteiger partial charge is 0.471 e. The van der Waals surface area contributed by atoms with E-state index in [1.54, 1.807) is 26.1 Å². The van der Waals surface area contributed by atoms with Gasteiger partial charge in [-0.1, -0.05) is 0 Å². The van der Waals surface area contributed by atoms with E-state index in [1.807, 2.05) is 0 Å². The Labute approximate surface area is 120 Å². The van der Waals surface area contributed by atoms with Gasteiger partial charge < -0.3 is 20.7 Å². The molecular weight excluding hydrogens is 291 g/mol. The number of rotatable bonds is 1. The number of alkyl halides is 3. The van der Waals surface area contributed by atoms with Gasteiger partial charge in [0.05, 0.1) is 5.66 Å². The van der Waals surface area contributed by atoms with Crippen LogP contribution in [-0.2, 0) is 9.53 Å². The number of carbonyl (C=O) groups excluding carboxylic acids is 2. The Hall–Kier alpha value is -1.51. The molecule has 0 unspecified atom stereocenters. The second kappa shape index (κ2) is 5.70. The molecule has 1 saturated heterocycles. The molecule has 0 aromatic heterocycles. The molecule has 3 N–H and O–H groups in total. The Morgan fingerprint density at radius 1 is 1.19 bits per heavy atom. The third-order valence-corrected chi connectivity index (χ3v) is 2.93. The zero-order chi connectivity index (χ0) is 16.5. The number of nitrogens with zero attached hydrogens (tertiary/aromatic N) is 1. The van der Waals surface area contributed by atoms with Crippen LogP contribution in [0, 0.1) is 0 Å². The van der Waals surface area contributed by atoms with E-state index in [0.29, 0.717) is 0 Å². The maximum absolute atomic E-state index is 12.2. The molecule has 1 rings (SSSR count). The molecule has 6 nitrogen and oxygen atoms in total. The van der Waals surface area contributed by atoms with E-state index in [1.165, 1.54) is 4.90 Å². The van der Waals surface area contributed by atoms with E-state index in [9.17, 15) is 22.8 Å². The van der Waals surface area contributed by atoms with E-state index in [-0.39, 0.29) is 25.9 Å². The van der Waals surface area contributed by atoms with E-state index in [4.69, 9.17) is 10.5 Å². The standard InChI is InChI=1S/C12H20F3N3O3/c1-10(2,3)21-9(20)18-6-4-11(16,5-7-18)17-8(19)12(13,14)15/h4-7,16H2,1-3H3,(H,17,19). The van der Waals surface area contributed by atoms with Crippen molar-refractivity contribution in [3.63, 3.8) is 0 Å². The maximum atomic E-state index is 12.2. The van der Waals surface area contributed by atoms with Gasteiger partial charge in [0.1, 0.15) is 5.60 Å². The monoisotopic (exact) mass is 311 g/mol. The van der Waals surface area contributed by atoms with Gasteiger partial charge in [-0.2, -0.15) is 13.2 Å². The van der Waals surface area contributed by atoms with Crippen LogP contribution >= 0.6 is 0 Å². The number of piperidine rings is 1. The van der Waals surface area contributed by atoms with Crippen molar-refractivity contribution in [3.05, 3.63) is 0 Å². The summed E-state index contributed by atoms with van der Waals surface area (Å²) in [6.45, 7) is 5.37. The van der Waals surface area contributed by atoms with Crippen LogP contribution in [0.25, 0.3) is 0 Å². The van der Waals surface area contributed by atoms with Gasteiger partial charge in [0.15, 0.2) is 0 Å². The molecule has 0 bridgehead atoms. The first-order chi connectivity index (χ1) is 9.32. The zero-order valence-corrected chi connectivity index (χ0v) is 12.2. The van der Waals surface area contributed by atoms with Crippen molar-refractivity contribution in [3.8, 4) is 0 Å². The number of amides is 2. The highest BCUT2D eigenvalue weighted by atomic mass is 19.4. The summed E-state index contributed by atoms with van der Waals surface area (Å²) in [5.41, 5.74) is 3.61. The average Bonchev–Trinajstić information content (AvgIpc) is 2.25. The van der Waals surface area contributed by atoms with Gasteiger partial charge in [-0.05, 0) is 20.8 Å². The number of nitrogens with one attached hydrogen (secondary N) is 1. The van der Waals surface area contributed by atoms with Crippen molar-refractivity contribution in [1.82, 2.24) is 10.2 Å². The lowest BCUT2D eigenvalue weighted by Gasteiger charge is -2.39. The number of carbonyl (C=O) groups is 2. The average molecular weight is 311 g/mol. The number of likely N-dealkylation sites (tertiary alicyclic amines) is 1. The van der Waals surface area contributed by atoms with Gasteiger partial charge in [0.2, 0.25) is 0 Å². The van der Waals surface area contributed by atoms with Crippen molar-refractivity contribution in [1.29, 1.82) is 0 Å². The van der Waals surface area contributed by atoms with Crippen LogP contribution in [0.2, 0.25) is 0 Å². The van der Waals surface area contributed by atoms with E-state index in [0.717, 1.165) is 0 Å². The first kappa shape index (κ1) is 17.5. The van der Waals surface area contributed by atoms with Crippen LogP contribution in [0.5, 0.6) is 0 Å². The SMILES string of the molecule is CC(C)(C)OC(=O)N1CCC(N)(NC(=O)C(F)(F)F)CC1. The fourth-order valence-corrected chi connectivity index (χ4v) is 1.84. The first-order valence-electron chi connectivity index (χ1n) is 6.49. The Bertz CT molecular complexity index is 410. The molecule has 0 aliphatic carbocycles. The van der Waals surface area contributed by atoms with E-state index < -0.39 is 29.4 Å². The van der Waals surface area contributed by atoms with E-state index >= 15 is 0 Å². The minimum atomic E-state index is -4.98. The summed E-state index contributed by atoms with van der Waals surface area (Å²) in [4.78, 5) is 24.1. The van der Waals surface area contributed by atoms with Crippen molar-refractivity contribution in [2.45, 2.75) is 51.1 Å². The molecule has 21 heavy (non-hydrogen) atoms. The summed E-state index contributed by atoms with van der Waals surface area (Å²) in [5.74, 6) is -2.07. The highest BCUT2D eigenvalue weighted by Gasteiger charge is 2.44. The van der Waals surface area contributed by atoms with Crippen molar-refractivity contribution >= 4 is 12.0 Å². The van der Waals surface area contributed by atoms with E-state index in [2.05, 4.69) is 0 Å². The van der Waals surface area contributed by atoms with Crippen LogP contribution in [0.1, 0.15) is 33.6 Å². The topological polar surface area (TPSA) is 84.7 Å². The zero-order valence-electron chi connectivity index (χ0n) is 12.2. The van der Waals surface area contributed by atoms with Gasteiger partial charge in [-0.25, -0.2) is 4.79 Å². The summed E-state index contributed by atoms with van der Waals surface area (Å²) in [5, 5.41) is 1.78. The number of ether oxygens (including phenoxy) is 1. The van der Waals surface area contributed by atoms with Crippen LogP contribution in [0.3, 0.4) is 0 Å². The van der Waals surface area contributed by atoms with Gasteiger partial charge in [0, 0.05) is 25.9 Å². The van der Waals surface area contributed by atoms with Gasteiger partial charge in [-0.15, -0.1) is 0 Å². The predicted molar refractivity (Wildman–Crippen MR) is 68.2 cm³/mol. The quantitative estimate of drug-likeness (QED) is 0.716. The molecule has 0 saturated carbocycles. The third kappa shape index (κ3) is 5.41. The van der Waals surface area contributed by atoms with Crippen LogP contribution in [0.15, 0.2) is 0 Å². The highest BCUT2D eigenvalue weighted by molar-refractivity contribution is 5.82. The molecule has 0 radical (unpaired) electrons. The number of hydrogen-bond donors (Lipinski definition) is 2. The van der Waals surface area contributed by atoms with Crippen LogP contribution in [-0.4, -0.2) is 47.4 Å². The third-order valence-electron chi connectivity index (χ3n) is 2.93. The summed E-state index contributed by atoms with van der Waals surface area (Å²) in [6.07, 6.45) is -5.48. The molecular formula is C12H20F3N3O3. The Morgan fingerprint density at radius 3 is 2.05 bits per heavy atom. The highest BCUT2D eigenvalue weighted by Crippen LogP contribution is 2.22. The number of hydrogen-bond acceptors (Lipinski definition) is 4. The molecule has 2 amide bonds. The molecule has 1 fully saturated rings. The van der Waals surface area contributed by atoms with Gasteiger partial charge in [-0.3, -0.25) is 4.79 Å². The van der Waals surface area contributed by atoms with Crippen molar-refractivity contribution in [2.24, 2.45) is 5.73 Å². The second-order valence-electron chi connectivity index (χ2n) is 6.08. The molecule has 0 aromatic rings. The molecule has 1 heterocycles. The lowest BCUT2D eigenvalue weighted by Crippen LogP contribution is -2.63. The molecule has 9 heteroatoms. The summed E-state index contributed by atoms with van der Waals surface area (Å²) >= 11 is 0. The fourth-order valence-electron chi connectivity index (χ4n) is 1.84. The lowest BCUT2D eigenvalue weighted by atomic mass is 9.98. The normalized spacial score (nSPS) is 19.1. The van der Waals surface area contributed by atoms with Gasteiger partial charge in [0.25, 0.3) is 0 Å². The smallest absolute Gasteiger partial charge is 0.444 e. The van der Waals surface area contributed by atoms with Crippen molar-refractivity contribution < 1.29 is 27.5 Å². The Morgan fingerprint density at radius 2 is 1.67 bits per heavy atom. The molecule has 0 aromatic carbocycles. The lowest BCUT2D eigenvalue weighted by molar-refractivity contribution is -0.176. The summed E-state index contributed by atoms with van der Waals surface area (Å²) < 4.78 is 41.8. The minimum Gasteiger partial charge on any atom is -0.444 e. The molecule has 1 aliphatic heterocycles. The molecule has 0 atom stereocenters. The minimum absolute atomic E-state index is 0.0219. The Balaban J connectivity index is 2.55. The summed E-state index contributed by atoms with van der Waals surface area (Å²) in [7, 11) is 0. The van der Waals surface area contributed by atoms with Crippen LogP contribution in [0.4, 0.5) is 18.0 Å². The predicted octanol–water partition coefficient (Wildman–Crippen LogP) is 1.35. The fraction of sp³-hybridized carbons (Fsp3) is 0.833. The molecule has 0 spiro atoms. The van der Waals surface area contributed by atoms with Crippen molar-refractivity contribution in [2.75, 3.05) is 13.1 Å². The molecule has 122 valence electrons. The van der Waals surface area contributed by atoms with Gasteiger partial charge >= 0.3 is 18.2 Å². The first-order valence-corrected chi connectivity index (χ1v) is 6.49. The molecule has 1 aliphatic rings. The maximum Gasteiger partial charge on any atom is 0.471 e. The Kier molecular flexibility index (Phi) is 4.76. The second-order valence-corrected chi connectivity index (χ2v) is 6.08. The van der Waals surface area contributed by atoms with Crippen LogP contribution < -0.4 is 11.1 Å². The number of nitrogens with two attached hydrogens (primary N) is 1.